The Labute approximate surface area is 242 Å². The Morgan fingerprint density at radius 3 is 2.40 bits per heavy atom. The summed E-state index contributed by atoms with van der Waals surface area (Å²) < 4.78 is 11.9. The molecule has 0 bridgehead atoms. The maximum atomic E-state index is 10.5. The lowest BCUT2D eigenvalue weighted by Crippen LogP contribution is -2.60. The molecule has 0 radical (unpaired) electrons. The van der Waals surface area contributed by atoms with Gasteiger partial charge in [-0.2, -0.15) is 0 Å². The Morgan fingerprint density at radius 1 is 0.950 bits per heavy atom. The molecular formula is C34H56O6. The van der Waals surface area contributed by atoms with Crippen LogP contribution >= 0.6 is 0 Å². The zero-order valence-corrected chi connectivity index (χ0v) is 25.7. The maximum Gasteiger partial charge on any atom is 0.186 e. The number of hydrogen-bond acceptors (Lipinski definition) is 6. The lowest BCUT2D eigenvalue weighted by atomic mass is 9.47. The van der Waals surface area contributed by atoms with E-state index in [0.29, 0.717) is 29.1 Å². The van der Waals surface area contributed by atoms with Gasteiger partial charge in [-0.3, -0.25) is 0 Å². The van der Waals surface area contributed by atoms with Gasteiger partial charge in [0.1, 0.15) is 24.4 Å². The second-order valence-corrected chi connectivity index (χ2v) is 15.0. The molecule has 1 saturated heterocycles. The third-order valence-electron chi connectivity index (χ3n) is 12.7. The van der Waals surface area contributed by atoms with Crippen LogP contribution in [0, 0.1) is 52.3 Å². The highest BCUT2D eigenvalue weighted by molar-refractivity contribution is 5.25. The molecule has 3 saturated carbocycles. The summed E-state index contributed by atoms with van der Waals surface area (Å²) in [5.74, 6) is 4.99. The minimum absolute atomic E-state index is 0.108. The molecule has 0 aromatic rings. The average molecular weight is 561 g/mol. The van der Waals surface area contributed by atoms with Gasteiger partial charge in [-0.15, -0.1) is 0 Å². The topological polar surface area (TPSA) is 99.4 Å². The van der Waals surface area contributed by atoms with Gasteiger partial charge in [-0.05, 0) is 104 Å². The third kappa shape index (κ3) is 5.28. The molecule has 4 N–H and O–H groups in total. The molecule has 6 nitrogen and oxygen atoms in total. The molecule has 0 aromatic heterocycles. The van der Waals surface area contributed by atoms with Gasteiger partial charge < -0.3 is 29.9 Å². The van der Waals surface area contributed by atoms with Gasteiger partial charge in [-0.25, -0.2) is 0 Å². The summed E-state index contributed by atoms with van der Waals surface area (Å²) in [7, 11) is 0. The van der Waals surface area contributed by atoms with Crippen LogP contribution in [0.2, 0.25) is 0 Å². The van der Waals surface area contributed by atoms with E-state index >= 15 is 0 Å². The van der Waals surface area contributed by atoms with Gasteiger partial charge in [0, 0.05) is 0 Å². The number of aliphatic hydroxyl groups is 4. The van der Waals surface area contributed by atoms with Gasteiger partial charge in [-0.1, -0.05) is 65.3 Å². The van der Waals surface area contributed by atoms with Crippen molar-refractivity contribution in [3.05, 3.63) is 23.8 Å². The monoisotopic (exact) mass is 560 g/mol. The Bertz CT molecular complexity index is 945. The van der Waals surface area contributed by atoms with Crippen LogP contribution in [0.5, 0.6) is 0 Å². The highest BCUT2D eigenvalue weighted by Gasteiger charge is 2.59. The molecule has 0 aromatic carbocycles. The summed E-state index contributed by atoms with van der Waals surface area (Å²) >= 11 is 0. The van der Waals surface area contributed by atoms with Gasteiger partial charge >= 0.3 is 0 Å². The minimum atomic E-state index is -1.40. The van der Waals surface area contributed by atoms with E-state index in [1.54, 1.807) is 0 Å². The summed E-state index contributed by atoms with van der Waals surface area (Å²) in [6.07, 6.45) is 10.6. The van der Waals surface area contributed by atoms with Crippen molar-refractivity contribution in [3.8, 4) is 0 Å². The Morgan fingerprint density at radius 2 is 1.70 bits per heavy atom. The summed E-state index contributed by atoms with van der Waals surface area (Å²) in [5, 5.41) is 40.3. The number of rotatable bonds is 7. The zero-order valence-electron chi connectivity index (χ0n) is 25.7. The van der Waals surface area contributed by atoms with Crippen LogP contribution in [-0.2, 0) is 9.47 Å². The first-order valence-corrected chi connectivity index (χ1v) is 16.2. The lowest BCUT2D eigenvalue weighted by molar-refractivity contribution is -0.313. The van der Waals surface area contributed by atoms with E-state index in [4.69, 9.17) is 9.47 Å². The molecule has 6 heteroatoms. The second-order valence-electron chi connectivity index (χ2n) is 15.0. The summed E-state index contributed by atoms with van der Waals surface area (Å²) in [4.78, 5) is 0. The van der Waals surface area contributed by atoms with Gasteiger partial charge in [0.05, 0.1) is 12.7 Å². The molecule has 5 aliphatic rings. The summed E-state index contributed by atoms with van der Waals surface area (Å²) in [5.41, 5.74) is 2.11. The van der Waals surface area contributed by atoms with Gasteiger partial charge in [0.2, 0.25) is 0 Å². The largest absolute Gasteiger partial charge is 0.394 e. The normalized spacial score (nSPS) is 48.8. The maximum absolute atomic E-state index is 10.5. The number of allylic oxidation sites excluding steroid dienone is 3. The van der Waals surface area contributed by atoms with E-state index in [-0.39, 0.29) is 11.5 Å². The van der Waals surface area contributed by atoms with Gasteiger partial charge in [0.25, 0.3) is 0 Å². The van der Waals surface area contributed by atoms with E-state index in [0.717, 1.165) is 43.4 Å². The number of ether oxygens (including phenoxy) is 2. The van der Waals surface area contributed by atoms with Gasteiger partial charge in [0.15, 0.2) is 6.29 Å². The average Bonchev–Trinajstić information content (AvgIpc) is 3.29. The molecule has 4 fully saturated rings. The van der Waals surface area contributed by atoms with Crippen LogP contribution in [0.25, 0.3) is 0 Å². The molecule has 0 spiro atoms. The fraction of sp³-hybridized carbons (Fsp3) is 0.882. The molecule has 0 amide bonds. The van der Waals surface area contributed by atoms with Crippen molar-refractivity contribution in [1.29, 1.82) is 0 Å². The van der Waals surface area contributed by atoms with E-state index in [2.05, 4.69) is 59.8 Å². The first-order valence-electron chi connectivity index (χ1n) is 16.2. The highest BCUT2D eigenvalue weighted by atomic mass is 16.7. The first kappa shape index (κ1) is 30.7. The molecule has 3 unspecified atom stereocenters. The van der Waals surface area contributed by atoms with Crippen LogP contribution < -0.4 is 0 Å². The molecule has 14 atom stereocenters. The highest BCUT2D eigenvalue weighted by Crippen LogP contribution is 2.67. The lowest BCUT2D eigenvalue weighted by Gasteiger charge is -2.58. The molecule has 4 aliphatic carbocycles. The molecule has 40 heavy (non-hydrogen) atoms. The van der Waals surface area contributed by atoms with Crippen LogP contribution in [0.4, 0.5) is 0 Å². The third-order valence-corrected chi connectivity index (χ3v) is 12.7. The first-order chi connectivity index (χ1) is 18.9. The van der Waals surface area contributed by atoms with Crippen molar-refractivity contribution in [2.24, 2.45) is 52.3 Å². The van der Waals surface area contributed by atoms with E-state index < -0.39 is 37.3 Å². The minimum Gasteiger partial charge on any atom is -0.394 e. The molecule has 1 aliphatic heterocycles. The van der Waals surface area contributed by atoms with Crippen LogP contribution in [0.15, 0.2) is 23.8 Å². The van der Waals surface area contributed by atoms with Crippen LogP contribution in [0.1, 0.15) is 92.9 Å². The van der Waals surface area contributed by atoms with E-state index in [9.17, 15) is 20.4 Å². The van der Waals surface area contributed by atoms with Crippen LogP contribution in [-0.4, -0.2) is 63.8 Å². The van der Waals surface area contributed by atoms with E-state index in [1.807, 2.05) is 0 Å². The predicted octanol–water partition coefficient (Wildman–Crippen LogP) is 5.23. The number of fused-ring (bicyclic) bond motifs is 5. The van der Waals surface area contributed by atoms with Crippen molar-refractivity contribution in [3.63, 3.8) is 0 Å². The zero-order chi connectivity index (χ0) is 29.0. The molecule has 1 heterocycles. The Balaban J connectivity index is 1.26. The fourth-order valence-electron chi connectivity index (χ4n) is 9.72. The van der Waals surface area contributed by atoms with Crippen molar-refractivity contribution in [2.45, 2.75) is 130 Å². The number of aliphatic hydroxyl groups excluding tert-OH is 4. The SMILES string of the molecule is CC(C)C(C)/C=C/C(C)[C@H]1CC[C@H]2C3CC=C4C[C@@H](O[C@@H]5O[C@H](CO)[C@@H](O)[C@H](O)[C@H]5O)CC[C@]4(C)[C@H]3CC[C@]12C. The van der Waals surface area contributed by atoms with E-state index in [1.165, 1.54) is 31.3 Å². The predicted molar refractivity (Wildman–Crippen MR) is 156 cm³/mol. The summed E-state index contributed by atoms with van der Waals surface area (Å²) in [6, 6.07) is 0. The van der Waals surface area contributed by atoms with Crippen LogP contribution in [0.3, 0.4) is 0 Å². The second kappa shape index (κ2) is 11.7. The summed E-state index contributed by atoms with van der Waals surface area (Å²) in [6.45, 7) is 14.1. The van der Waals surface area contributed by atoms with Crippen molar-refractivity contribution >= 4 is 0 Å². The van der Waals surface area contributed by atoms with Crippen molar-refractivity contribution < 1.29 is 29.9 Å². The molecular weight excluding hydrogens is 504 g/mol. The Hall–Kier alpha value is -0.760. The smallest absolute Gasteiger partial charge is 0.186 e. The molecule has 228 valence electrons. The van der Waals surface area contributed by atoms with Crippen molar-refractivity contribution in [1.82, 2.24) is 0 Å². The standard InChI is InChI=1S/C34H56O6/c1-19(2)20(3)7-8-21(4)25-11-12-26-24-10-9-22-17-23(13-15-33(22,5)27(24)14-16-34(25,26)6)39-32-31(38)30(37)29(36)28(18-35)40-32/h7-9,19-21,23-32,35-38H,10-18H2,1-6H3/b8-7+/t20?,21?,23-,24?,25+,26-,27-,28+,29+,30-,31+,32+,33-,34+/m0/s1. The fourth-order valence-corrected chi connectivity index (χ4v) is 9.72. The van der Waals surface area contributed by atoms with Crippen molar-refractivity contribution in [2.75, 3.05) is 6.61 Å². The quantitative estimate of drug-likeness (QED) is 0.318. The molecule has 5 rings (SSSR count). The number of hydrogen-bond donors (Lipinski definition) is 4. The Kier molecular flexibility index (Phi) is 9.00.